The maximum Gasteiger partial charge on any atom is 0.266 e. The van der Waals surface area contributed by atoms with Gasteiger partial charge in [-0.15, -0.1) is 0 Å². The van der Waals surface area contributed by atoms with Crippen molar-refractivity contribution in [2.24, 2.45) is 0 Å². The van der Waals surface area contributed by atoms with E-state index in [9.17, 15) is 4.79 Å². The van der Waals surface area contributed by atoms with Gasteiger partial charge >= 0.3 is 0 Å². The zero-order chi connectivity index (χ0) is 13.3. The molecule has 1 amide bonds. The van der Waals surface area contributed by atoms with Crippen LogP contribution in [0.3, 0.4) is 0 Å². The summed E-state index contributed by atoms with van der Waals surface area (Å²) in [5, 5.41) is 1.09. The number of amides is 1. The summed E-state index contributed by atoms with van der Waals surface area (Å²) in [6.07, 6.45) is 1.74. The molecule has 1 aromatic rings. The van der Waals surface area contributed by atoms with Gasteiger partial charge < -0.3 is 0 Å². The number of thioether (sulfide) groups is 1. The summed E-state index contributed by atoms with van der Waals surface area (Å²) in [5.41, 5.74) is 0.762. The third-order valence-corrected chi connectivity index (χ3v) is 4.38. The molecule has 0 atom stereocenters. The Morgan fingerprint density at radius 3 is 2.72 bits per heavy atom. The third kappa shape index (κ3) is 2.72. The van der Waals surface area contributed by atoms with Crippen molar-refractivity contribution in [2.45, 2.75) is 6.92 Å². The van der Waals surface area contributed by atoms with E-state index in [1.807, 2.05) is 6.92 Å². The molecule has 2 nitrogen and oxygen atoms in total. The van der Waals surface area contributed by atoms with Gasteiger partial charge in [-0.25, -0.2) is 0 Å². The van der Waals surface area contributed by atoms with Crippen LogP contribution in [0.5, 0.6) is 0 Å². The first-order chi connectivity index (χ1) is 8.52. The first-order valence-electron chi connectivity index (χ1n) is 5.23. The number of rotatable bonds is 2. The van der Waals surface area contributed by atoms with Gasteiger partial charge in [-0.2, -0.15) is 0 Å². The van der Waals surface area contributed by atoms with Crippen LogP contribution < -0.4 is 0 Å². The van der Waals surface area contributed by atoms with Gasteiger partial charge in [0.25, 0.3) is 5.91 Å². The maximum absolute atomic E-state index is 12.0. The number of likely N-dealkylation sites (N-methyl/N-ethyl adjacent to an activating group) is 1. The van der Waals surface area contributed by atoms with Crippen LogP contribution in [0.25, 0.3) is 6.08 Å². The zero-order valence-corrected chi connectivity index (χ0v) is 12.6. The molecule has 0 N–H and O–H groups in total. The van der Waals surface area contributed by atoms with E-state index in [0.717, 1.165) is 5.56 Å². The highest BCUT2D eigenvalue weighted by atomic mass is 35.5. The summed E-state index contributed by atoms with van der Waals surface area (Å²) in [4.78, 5) is 14.2. The van der Waals surface area contributed by atoms with Gasteiger partial charge in [-0.05, 0) is 30.7 Å². The van der Waals surface area contributed by atoms with E-state index < -0.39 is 0 Å². The Kier molecular flexibility index (Phi) is 4.33. The second-order valence-corrected chi connectivity index (χ2v) is 6.11. The second kappa shape index (κ2) is 5.61. The molecule has 0 saturated carbocycles. The Balaban J connectivity index is 2.35. The van der Waals surface area contributed by atoms with Crippen molar-refractivity contribution in [2.75, 3.05) is 6.54 Å². The normalized spacial score (nSPS) is 17.9. The molecule has 1 saturated heterocycles. The number of thiocarbonyl (C=S) groups is 1. The van der Waals surface area contributed by atoms with Crippen molar-refractivity contribution in [3.05, 3.63) is 38.7 Å². The van der Waals surface area contributed by atoms with Crippen molar-refractivity contribution < 1.29 is 4.79 Å². The fourth-order valence-corrected chi connectivity index (χ4v) is 3.37. The summed E-state index contributed by atoms with van der Waals surface area (Å²) in [5.74, 6) is -0.0708. The molecule has 1 fully saturated rings. The van der Waals surface area contributed by atoms with Gasteiger partial charge in [0.15, 0.2) is 0 Å². The largest absolute Gasteiger partial charge is 0.293 e. The van der Waals surface area contributed by atoms with Gasteiger partial charge in [-0.3, -0.25) is 9.69 Å². The molecule has 0 radical (unpaired) electrons. The van der Waals surface area contributed by atoms with Crippen LogP contribution in [-0.2, 0) is 4.79 Å². The van der Waals surface area contributed by atoms with E-state index in [1.54, 1.807) is 29.2 Å². The summed E-state index contributed by atoms with van der Waals surface area (Å²) in [6.45, 7) is 2.47. The molecule has 0 aromatic heterocycles. The number of hydrogen-bond donors (Lipinski definition) is 0. The van der Waals surface area contributed by atoms with E-state index in [0.29, 0.717) is 25.8 Å². The average Bonchev–Trinajstić information content (AvgIpc) is 2.58. The number of hydrogen-bond acceptors (Lipinski definition) is 3. The lowest BCUT2D eigenvalue weighted by Gasteiger charge is -2.09. The molecular formula is C12H9Cl2NOS2. The third-order valence-electron chi connectivity index (χ3n) is 2.44. The van der Waals surface area contributed by atoms with Crippen LogP contribution >= 0.6 is 47.2 Å². The first kappa shape index (κ1) is 13.9. The highest BCUT2D eigenvalue weighted by molar-refractivity contribution is 8.26. The summed E-state index contributed by atoms with van der Waals surface area (Å²) < 4.78 is 0.582. The minimum absolute atomic E-state index is 0.0708. The number of nitrogens with zero attached hydrogens (tertiary/aromatic N) is 1. The Morgan fingerprint density at radius 1 is 1.44 bits per heavy atom. The lowest BCUT2D eigenvalue weighted by molar-refractivity contribution is -0.121. The Bertz CT molecular complexity index is 557. The van der Waals surface area contributed by atoms with Crippen LogP contribution in [0.1, 0.15) is 12.5 Å². The standard InChI is InChI=1S/C12H9Cl2NOS2/c1-2-15-11(16)10(18-12(15)17)5-7-3-4-8(13)6-9(7)14/h3-6H,2H2,1H3/b10-5+. The van der Waals surface area contributed by atoms with Crippen LogP contribution in [0.4, 0.5) is 0 Å². The van der Waals surface area contributed by atoms with Crippen molar-refractivity contribution >= 4 is 63.5 Å². The van der Waals surface area contributed by atoms with Gasteiger partial charge in [0, 0.05) is 16.6 Å². The highest BCUT2D eigenvalue weighted by Crippen LogP contribution is 2.33. The number of carbonyl (C=O) groups is 1. The predicted octanol–water partition coefficient (Wildman–Crippen LogP) is 4.21. The minimum Gasteiger partial charge on any atom is -0.293 e. The average molecular weight is 318 g/mol. The SMILES string of the molecule is CCN1C(=O)/C(=C\c2ccc(Cl)cc2Cl)SC1=S. The topological polar surface area (TPSA) is 20.3 Å². The van der Waals surface area contributed by atoms with Crippen molar-refractivity contribution in [3.8, 4) is 0 Å². The summed E-state index contributed by atoms with van der Waals surface area (Å²) in [6, 6.07) is 5.17. The van der Waals surface area contributed by atoms with Gasteiger partial charge in [0.1, 0.15) is 4.32 Å². The van der Waals surface area contributed by atoms with Gasteiger partial charge in [-0.1, -0.05) is 53.2 Å². The molecule has 0 aliphatic carbocycles. The number of carbonyl (C=O) groups excluding carboxylic acids is 1. The summed E-state index contributed by atoms with van der Waals surface area (Å²) >= 11 is 18.3. The van der Waals surface area contributed by atoms with E-state index in [4.69, 9.17) is 35.4 Å². The molecule has 1 aliphatic rings. The Morgan fingerprint density at radius 2 is 2.17 bits per heavy atom. The van der Waals surface area contributed by atoms with Gasteiger partial charge in [0.2, 0.25) is 0 Å². The fraction of sp³-hybridized carbons (Fsp3) is 0.167. The van der Waals surface area contributed by atoms with Crippen molar-refractivity contribution in [1.29, 1.82) is 0 Å². The lowest BCUT2D eigenvalue weighted by atomic mass is 10.2. The molecule has 2 rings (SSSR count). The van der Waals surface area contributed by atoms with Crippen LogP contribution in [0, 0.1) is 0 Å². The molecule has 6 heteroatoms. The van der Waals surface area contributed by atoms with Crippen LogP contribution in [0.2, 0.25) is 10.0 Å². The molecule has 0 bridgehead atoms. The first-order valence-corrected chi connectivity index (χ1v) is 7.21. The molecule has 1 aromatic carbocycles. The maximum atomic E-state index is 12.0. The predicted molar refractivity (Wildman–Crippen MR) is 82.0 cm³/mol. The van der Waals surface area contributed by atoms with Crippen molar-refractivity contribution in [1.82, 2.24) is 4.90 Å². The molecule has 18 heavy (non-hydrogen) atoms. The van der Waals surface area contributed by atoms with E-state index in [1.165, 1.54) is 11.8 Å². The monoisotopic (exact) mass is 317 g/mol. The Labute approximate surface area is 125 Å². The van der Waals surface area contributed by atoms with Crippen LogP contribution in [0.15, 0.2) is 23.1 Å². The minimum atomic E-state index is -0.0708. The van der Waals surface area contributed by atoms with E-state index in [-0.39, 0.29) is 5.91 Å². The smallest absolute Gasteiger partial charge is 0.266 e. The lowest BCUT2D eigenvalue weighted by Crippen LogP contribution is -2.27. The molecule has 94 valence electrons. The quantitative estimate of drug-likeness (QED) is 0.602. The fourth-order valence-electron chi connectivity index (χ4n) is 1.53. The highest BCUT2D eigenvalue weighted by Gasteiger charge is 2.30. The van der Waals surface area contributed by atoms with Crippen molar-refractivity contribution in [3.63, 3.8) is 0 Å². The second-order valence-electron chi connectivity index (χ2n) is 3.59. The molecule has 0 unspecified atom stereocenters. The molecule has 1 heterocycles. The number of benzene rings is 1. The van der Waals surface area contributed by atoms with Crippen LogP contribution in [-0.4, -0.2) is 21.7 Å². The molecular weight excluding hydrogens is 309 g/mol. The summed E-state index contributed by atoms with van der Waals surface area (Å²) in [7, 11) is 0. The van der Waals surface area contributed by atoms with E-state index in [2.05, 4.69) is 0 Å². The molecule has 0 spiro atoms. The molecule has 1 aliphatic heterocycles. The van der Waals surface area contributed by atoms with Gasteiger partial charge in [0.05, 0.1) is 4.91 Å². The Hall–Kier alpha value is -0.550. The van der Waals surface area contributed by atoms with E-state index >= 15 is 0 Å². The zero-order valence-electron chi connectivity index (χ0n) is 9.44. The number of halogens is 2.